The Bertz CT molecular complexity index is 1070. The number of aromatic nitrogens is 1. The first-order valence-corrected chi connectivity index (χ1v) is 10.9. The lowest BCUT2D eigenvalue weighted by Crippen LogP contribution is -2.20. The van der Waals surface area contributed by atoms with Crippen LogP contribution in [0.5, 0.6) is 5.75 Å². The third kappa shape index (κ3) is 5.69. The van der Waals surface area contributed by atoms with Gasteiger partial charge in [-0.05, 0) is 36.4 Å². The van der Waals surface area contributed by atoms with E-state index in [0.29, 0.717) is 11.4 Å². The summed E-state index contributed by atoms with van der Waals surface area (Å²) in [4.78, 5) is 18.0. The zero-order valence-corrected chi connectivity index (χ0v) is 17.5. The quantitative estimate of drug-likeness (QED) is 0.568. The fraction of sp³-hybridized carbons (Fsp3) is 0.158. The maximum absolute atomic E-state index is 12.3. The van der Waals surface area contributed by atoms with Crippen LogP contribution in [-0.2, 0) is 14.8 Å². The molecule has 0 aliphatic heterocycles. The van der Waals surface area contributed by atoms with Crippen molar-refractivity contribution in [3.05, 3.63) is 60.1 Å². The number of hydrogen-bond donors (Lipinski definition) is 2. The molecule has 8 nitrogen and oxygen atoms in total. The standard InChI is InChI=1S/C19H20N4O4S2/c1-23(2)15-4-3-5-16(12-15)27-13-18(24)21-14-6-8-17(9-7-14)29(25,26)22-19-20-10-11-28-19/h3-12H,13H2,1-2H3,(H,20,22)(H,21,24). The molecule has 0 unspecified atom stereocenters. The molecule has 3 aromatic rings. The number of hydrogen-bond acceptors (Lipinski definition) is 7. The SMILES string of the molecule is CN(C)c1cccc(OCC(=O)Nc2ccc(S(=O)(=O)Nc3nccs3)cc2)c1. The number of benzene rings is 2. The summed E-state index contributed by atoms with van der Waals surface area (Å²) in [5.41, 5.74) is 1.43. The van der Waals surface area contributed by atoms with Gasteiger partial charge in [-0.15, -0.1) is 11.3 Å². The highest BCUT2D eigenvalue weighted by Crippen LogP contribution is 2.21. The Morgan fingerprint density at radius 3 is 2.59 bits per heavy atom. The first-order valence-electron chi connectivity index (χ1n) is 8.56. The first kappa shape index (κ1) is 20.6. The molecule has 152 valence electrons. The topological polar surface area (TPSA) is 101 Å². The van der Waals surface area contributed by atoms with Gasteiger partial charge in [0.25, 0.3) is 15.9 Å². The third-order valence-electron chi connectivity index (χ3n) is 3.81. The van der Waals surface area contributed by atoms with E-state index in [2.05, 4.69) is 15.0 Å². The third-order valence-corrected chi connectivity index (χ3v) is 5.98. The molecule has 0 aliphatic rings. The van der Waals surface area contributed by atoms with Gasteiger partial charge >= 0.3 is 0 Å². The molecular formula is C19H20N4O4S2. The molecule has 0 radical (unpaired) electrons. The van der Waals surface area contributed by atoms with Gasteiger partial charge in [0, 0.05) is 43.1 Å². The van der Waals surface area contributed by atoms with Crippen LogP contribution >= 0.6 is 11.3 Å². The van der Waals surface area contributed by atoms with Crippen LogP contribution in [0.1, 0.15) is 0 Å². The molecular weight excluding hydrogens is 412 g/mol. The van der Waals surface area contributed by atoms with Crippen molar-refractivity contribution in [2.24, 2.45) is 0 Å². The molecule has 0 spiro atoms. The molecule has 10 heteroatoms. The van der Waals surface area contributed by atoms with E-state index in [9.17, 15) is 13.2 Å². The lowest BCUT2D eigenvalue weighted by atomic mass is 10.3. The number of thiazole rings is 1. The van der Waals surface area contributed by atoms with E-state index in [0.717, 1.165) is 5.69 Å². The summed E-state index contributed by atoms with van der Waals surface area (Å²) < 4.78 is 32.5. The van der Waals surface area contributed by atoms with Crippen molar-refractivity contribution in [1.82, 2.24) is 4.98 Å². The number of amides is 1. The lowest BCUT2D eigenvalue weighted by Gasteiger charge is -2.14. The van der Waals surface area contributed by atoms with Crippen molar-refractivity contribution in [3.8, 4) is 5.75 Å². The highest BCUT2D eigenvalue weighted by atomic mass is 32.2. The van der Waals surface area contributed by atoms with Crippen molar-refractivity contribution in [2.45, 2.75) is 4.90 Å². The van der Waals surface area contributed by atoms with Crippen molar-refractivity contribution >= 4 is 43.8 Å². The summed E-state index contributed by atoms with van der Waals surface area (Å²) in [5, 5.41) is 4.64. The Hall–Kier alpha value is -3.11. The highest BCUT2D eigenvalue weighted by Gasteiger charge is 2.15. The van der Waals surface area contributed by atoms with Gasteiger partial charge < -0.3 is 15.0 Å². The number of carbonyl (C=O) groups excluding carboxylic acids is 1. The second kappa shape index (κ2) is 8.93. The lowest BCUT2D eigenvalue weighted by molar-refractivity contribution is -0.118. The normalized spacial score (nSPS) is 11.0. The van der Waals surface area contributed by atoms with Crippen LogP contribution in [-0.4, -0.2) is 40.0 Å². The molecule has 2 N–H and O–H groups in total. The fourth-order valence-corrected chi connectivity index (χ4v) is 4.15. The second-order valence-corrected chi connectivity index (χ2v) is 8.77. The Labute approximate surface area is 173 Å². The summed E-state index contributed by atoms with van der Waals surface area (Å²) in [7, 11) is 0.108. The fourth-order valence-electron chi connectivity index (χ4n) is 2.36. The number of sulfonamides is 1. The molecule has 0 fully saturated rings. The van der Waals surface area contributed by atoms with Gasteiger partial charge in [0.2, 0.25) is 0 Å². The smallest absolute Gasteiger partial charge is 0.263 e. The highest BCUT2D eigenvalue weighted by molar-refractivity contribution is 7.93. The van der Waals surface area contributed by atoms with E-state index >= 15 is 0 Å². The molecule has 0 atom stereocenters. The number of carbonyl (C=O) groups is 1. The second-order valence-electron chi connectivity index (χ2n) is 6.20. The van der Waals surface area contributed by atoms with E-state index in [1.807, 2.05) is 37.2 Å². The predicted molar refractivity (Wildman–Crippen MR) is 114 cm³/mol. The number of nitrogens with one attached hydrogen (secondary N) is 2. The Morgan fingerprint density at radius 2 is 1.93 bits per heavy atom. The molecule has 1 heterocycles. The van der Waals surface area contributed by atoms with Crippen molar-refractivity contribution in [1.29, 1.82) is 0 Å². The Morgan fingerprint density at radius 1 is 1.17 bits per heavy atom. The van der Waals surface area contributed by atoms with Crippen LogP contribution < -0.4 is 19.7 Å². The predicted octanol–water partition coefficient (Wildman–Crippen LogP) is 3.03. The number of ether oxygens (including phenoxy) is 1. The summed E-state index contributed by atoms with van der Waals surface area (Å²) >= 11 is 1.19. The summed E-state index contributed by atoms with van der Waals surface area (Å²) in [6.07, 6.45) is 1.51. The van der Waals surface area contributed by atoms with E-state index in [4.69, 9.17) is 4.74 Å². The van der Waals surface area contributed by atoms with Crippen LogP contribution in [0.25, 0.3) is 0 Å². The van der Waals surface area contributed by atoms with Crippen molar-refractivity contribution < 1.29 is 17.9 Å². The average Bonchev–Trinajstić information content (AvgIpc) is 3.19. The zero-order valence-electron chi connectivity index (χ0n) is 15.8. The monoisotopic (exact) mass is 432 g/mol. The van der Waals surface area contributed by atoms with Crippen molar-refractivity contribution in [3.63, 3.8) is 0 Å². The molecule has 1 amide bonds. The minimum absolute atomic E-state index is 0.0717. The van der Waals surface area contributed by atoms with Crippen LogP contribution in [0, 0.1) is 0 Å². The largest absolute Gasteiger partial charge is 0.484 e. The molecule has 0 saturated heterocycles. The minimum Gasteiger partial charge on any atom is -0.484 e. The van der Waals surface area contributed by atoms with Gasteiger partial charge in [0.15, 0.2) is 11.7 Å². The molecule has 29 heavy (non-hydrogen) atoms. The number of rotatable bonds is 8. The number of anilines is 3. The van der Waals surface area contributed by atoms with Crippen LogP contribution in [0.3, 0.4) is 0 Å². The maximum Gasteiger partial charge on any atom is 0.263 e. The molecule has 0 saturated carbocycles. The summed E-state index contributed by atoms with van der Waals surface area (Å²) in [5.74, 6) is 0.234. The van der Waals surface area contributed by atoms with Crippen LogP contribution in [0.4, 0.5) is 16.5 Å². The van der Waals surface area contributed by atoms with E-state index < -0.39 is 10.0 Å². The molecule has 1 aromatic heterocycles. The minimum atomic E-state index is -3.73. The molecule has 0 aliphatic carbocycles. The zero-order chi connectivity index (χ0) is 20.9. The van der Waals surface area contributed by atoms with Gasteiger partial charge in [-0.1, -0.05) is 6.07 Å². The van der Waals surface area contributed by atoms with E-state index in [1.165, 1.54) is 41.8 Å². The van der Waals surface area contributed by atoms with Crippen molar-refractivity contribution in [2.75, 3.05) is 35.6 Å². The van der Waals surface area contributed by atoms with Crippen LogP contribution in [0.15, 0.2) is 65.0 Å². The molecule has 2 aromatic carbocycles. The van der Waals surface area contributed by atoms with E-state index in [-0.39, 0.29) is 22.5 Å². The van der Waals surface area contributed by atoms with Gasteiger partial charge in [-0.25, -0.2) is 13.4 Å². The van der Waals surface area contributed by atoms with Gasteiger partial charge in [-0.2, -0.15) is 0 Å². The van der Waals surface area contributed by atoms with E-state index in [1.54, 1.807) is 11.4 Å². The van der Waals surface area contributed by atoms with Crippen LogP contribution in [0.2, 0.25) is 0 Å². The summed E-state index contributed by atoms with van der Waals surface area (Å²) in [6.45, 7) is -0.164. The maximum atomic E-state index is 12.3. The average molecular weight is 433 g/mol. The number of nitrogens with zero attached hydrogens (tertiary/aromatic N) is 2. The van der Waals surface area contributed by atoms with Gasteiger partial charge in [-0.3, -0.25) is 9.52 Å². The molecule has 0 bridgehead atoms. The Balaban J connectivity index is 1.56. The van der Waals surface area contributed by atoms with Gasteiger partial charge in [0.05, 0.1) is 4.90 Å². The first-order chi connectivity index (χ1) is 13.8. The molecule has 3 rings (SSSR count). The van der Waals surface area contributed by atoms with Gasteiger partial charge in [0.1, 0.15) is 5.75 Å². The Kier molecular flexibility index (Phi) is 6.35. The summed E-state index contributed by atoms with van der Waals surface area (Å²) in [6, 6.07) is 13.2.